The summed E-state index contributed by atoms with van der Waals surface area (Å²) in [7, 11) is 0. The standard InChI is InChI=1S/C11H13NO.C2H6/c1-4-6-10-9(5-2)8(3)7-11(13)12-10;1-2/h4-7H,1H2,2-3H3,(H,12,13);1-2H3/b9-5-,10-6+;. The van der Waals surface area contributed by atoms with Crippen LogP contribution in [0.15, 0.2) is 23.5 Å². The van der Waals surface area contributed by atoms with Crippen LogP contribution >= 0.6 is 0 Å². The first-order valence-electron chi connectivity index (χ1n) is 5.18. The molecule has 1 aromatic heterocycles. The summed E-state index contributed by atoms with van der Waals surface area (Å²) in [4.78, 5) is 13.9. The average molecular weight is 205 g/mol. The molecular weight excluding hydrogens is 186 g/mol. The van der Waals surface area contributed by atoms with E-state index >= 15 is 0 Å². The number of nitrogens with one attached hydrogen (secondary N) is 1. The Morgan fingerprint density at radius 2 is 2.00 bits per heavy atom. The van der Waals surface area contributed by atoms with Crippen LogP contribution < -0.4 is 16.1 Å². The second kappa shape index (κ2) is 6.82. The Hall–Kier alpha value is -1.57. The third-order valence-electron chi connectivity index (χ3n) is 1.89. The van der Waals surface area contributed by atoms with Gasteiger partial charge in [-0.05, 0) is 30.7 Å². The summed E-state index contributed by atoms with van der Waals surface area (Å²) in [5.74, 6) is 0. The molecular formula is C13H19NO. The monoisotopic (exact) mass is 205 g/mol. The summed E-state index contributed by atoms with van der Waals surface area (Å²) in [6.07, 6.45) is 5.43. The van der Waals surface area contributed by atoms with Gasteiger partial charge in [-0.25, -0.2) is 0 Å². The normalized spacial score (nSPS) is 12.0. The van der Waals surface area contributed by atoms with Gasteiger partial charge in [0.05, 0.1) is 0 Å². The highest BCUT2D eigenvalue weighted by Crippen LogP contribution is 1.76. The van der Waals surface area contributed by atoms with E-state index in [9.17, 15) is 4.79 Å². The fourth-order valence-corrected chi connectivity index (χ4v) is 1.36. The maximum atomic E-state index is 11.1. The van der Waals surface area contributed by atoms with Gasteiger partial charge in [-0.3, -0.25) is 4.79 Å². The van der Waals surface area contributed by atoms with E-state index in [1.54, 1.807) is 18.2 Å². The van der Waals surface area contributed by atoms with Gasteiger partial charge < -0.3 is 4.98 Å². The van der Waals surface area contributed by atoms with Crippen LogP contribution in [-0.2, 0) is 0 Å². The smallest absolute Gasteiger partial charge is 0.248 e. The summed E-state index contributed by atoms with van der Waals surface area (Å²) >= 11 is 0. The van der Waals surface area contributed by atoms with Gasteiger partial charge in [-0.1, -0.05) is 32.6 Å². The van der Waals surface area contributed by atoms with Gasteiger partial charge in [-0.15, -0.1) is 0 Å². The number of rotatable bonds is 1. The largest absolute Gasteiger partial charge is 0.322 e. The molecule has 0 saturated carbocycles. The second-order valence-electron chi connectivity index (χ2n) is 2.83. The SMILES string of the molecule is C=C/C=c1/[nH]c(=O)cc(C)/c1=C/C.CC. The minimum Gasteiger partial charge on any atom is -0.322 e. The van der Waals surface area contributed by atoms with E-state index in [0.717, 1.165) is 16.1 Å². The predicted molar refractivity (Wildman–Crippen MR) is 67.2 cm³/mol. The zero-order valence-electron chi connectivity index (χ0n) is 9.92. The van der Waals surface area contributed by atoms with Crippen LogP contribution in [-0.4, -0.2) is 4.98 Å². The minimum absolute atomic E-state index is 0.0730. The van der Waals surface area contributed by atoms with Crippen molar-refractivity contribution in [2.45, 2.75) is 27.7 Å². The molecule has 0 radical (unpaired) electrons. The molecule has 0 saturated heterocycles. The minimum atomic E-state index is -0.0730. The van der Waals surface area contributed by atoms with Crippen LogP contribution in [0.25, 0.3) is 12.2 Å². The van der Waals surface area contributed by atoms with Crippen molar-refractivity contribution in [1.82, 2.24) is 4.98 Å². The Morgan fingerprint density at radius 3 is 2.47 bits per heavy atom. The van der Waals surface area contributed by atoms with E-state index in [4.69, 9.17) is 0 Å². The first-order chi connectivity index (χ1) is 7.19. The molecule has 1 aromatic rings. The second-order valence-corrected chi connectivity index (χ2v) is 2.83. The fourth-order valence-electron chi connectivity index (χ4n) is 1.36. The quantitative estimate of drug-likeness (QED) is 0.740. The Morgan fingerprint density at radius 1 is 1.40 bits per heavy atom. The Balaban J connectivity index is 0.000000921. The van der Waals surface area contributed by atoms with Crippen LogP contribution in [0, 0.1) is 6.92 Å². The summed E-state index contributed by atoms with van der Waals surface area (Å²) in [6, 6.07) is 1.59. The van der Waals surface area contributed by atoms with Crippen molar-refractivity contribution in [1.29, 1.82) is 0 Å². The van der Waals surface area contributed by atoms with Gasteiger partial charge in [0.1, 0.15) is 0 Å². The number of aryl methyl sites for hydroxylation is 1. The molecule has 0 aromatic carbocycles. The molecule has 2 heteroatoms. The van der Waals surface area contributed by atoms with Gasteiger partial charge in [0.2, 0.25) is 5.56 Å². The lowest BCUT2D eigenvalue weighted by Crippen LogP contribution is -2.35. The molecule has 2 nitrogen and oxygen atoms in total. The first kappa shape index (κ1) is 13.4. The molecule has 1 N–H and O–H groups in total. The van der Waals surface area contributed by atoms with E-state index in [-0.39, 0.29) is 5.56 Å². The molecule has 1 rings (SSSR count). The molecule has 0 aliphatic carbocycles. The van der Waals surface area contributed by atoms with Gasteiger partial charge in [0.25, 0.3) is 0 Å². The summed E-state index contributed by atoms with van der Waals surface area (Å²) in [6.45, 7) is 11.5. The van der Waals surface area contributed by atoms with Gasteiger partial charge in [-0.2, -0.15) is 0 Å². The number of H-pyrrole nitrogens is 1. The van der Waals surface area contributed by atoms with Crippen molar-refractivity contribution in [3.63, 3.8) is 0 Å². The van der Waals surface area contributed by atoms with Crippen molar-refractivity contribution in [3.05, 3.63) is 45.2 Å². The zero-order chi connectivity index (χ0) is 11.8. The Labute approximate surface area is 90.7 Å². The van der Waals surface area contributed by atoms with E-state index in [0.29, 0.717) is 0 Å². The third-order valence-corrected chi connectivity index (χ3v) is 1.89. The molecule has 0 unspecified atom stereocenters. The van der Waals surface area contributed by atoms with Gasteiger partial charge in [0.15, 0.2) is 0 Å². The average Bonchev–Trinajstić information content (AvgIpc) is 2.21. The van der Waals surface area contributed by atoms with Gasteiger partial charge >= 0.3 is 0 Å². The molecule has 82 valence electrons. The van der Waals surface area contributed by atoms with Crippen molar-refractivity contribution < 1.29 is 0 Å². The highest BCUT2D eigenvalue weighted by Gasteiger charge is 1.91. The van der Waals surface area contributed by atoms with Crippen LogP contribution in [0.2, 0.25) is 0 Å². The number of hydrogen-bond acceptors (Lipinski definition) is 1. The first-order valence-corrected chi connectivity index (χ1v) is 5.18. The van der Waals surface area contributed by atoms with Gasteiger partial charge in [0, 0.05) is 11.4 Å². The number of aromatic amines is 1. The lowest BCUT2D eigenvalue weighted by Gasteiger charge is -1.94. The maximum Gasteiger partial charge on any atom is 0.248 e. The molecule has 0 bridgehead atoms. The third kappa shape index (κ3) is 3.58. The van der Waals surface area contributed by atoms with Crippen LogP contribution in [0.4, 0.5) is 0 Å². The molecule has 0 aliphatic rings. The zero-order valence-corrected chi connectivity index (χ0v) is 9.92. The number of pyridine rings is 1. The fraction of sp³-hybridized carbons (Fsp3) is 0.308. The van der Waals surface area contributed by atoms with E-state index < -0.39 is 0 Å². The molecule has 15 heavy (non-hydrogen) atoms. The molecule has 0 aliphatic heterocycles. The molecule has 0 fully saturated rings. The maximum absolute atomic E-state index is 11.1. The lowest BCUT2D eigenvalue weighted by atomic mass is 10.2. The van der Waals surface area contributed by atoms with Crippen molar-refractivity contribution in [3.8, 4) is 0 Å². The Kier molecular flexibility index (Phi) is 6.11. The Bertz CT molecular complexity index is 480. The molecule has 0 amide bonds. The molecule has 0 spiro atoms. The van der Waals surface area contributed by atoms with Crippen molar-refractivity contribution >= 4 is 12.2 Å². The summed E-state index contributed by atoms with van der Waals surface area (Å²) in [5.41, 5.74) is 0.913. The molecule has 0 atom stereocenters. The number of allylic oxidation sites excluding steroid dienone is 1. The molecule has 1 heterocycles. The predicted octanol–water partition coefficient (Wildman–Crippen LogP) is 1.48. The van der Waals surface area contributed by atoms with Crippen molar-refractivity contribution in [2.24, 2.45) is 0 Å². The highest BCUT2D eigenvalue weighted by atomic mass is 16.1. The topological polar surface area (TPSA) is 32.9 Å². The lowest BCUT2D eigenvalue weighted by molar-refractivity contribution is 1.12. The van der Waals surface area contributed by atoms with Crippen LogP contribution in [0.3, 0.4) is 0 Å². The van der Waals surface area contributed by atoms with E-state index in [1.165, 1.54) is 0 Å². The van der Waals surface area contributed by atoms with E-state index in [1.807, 2.05) is 33.8 Å². The van der Waals surface area contributed by atoms with Crippen LogP contribution in [0.5, 0.6) is 0 Å². The van der Waals surface area contributed by atoms with E-state index in [2.05, 4.69) is 11.6 Å². The van der Waals surface area contributed by atoms with Crippen molar-refractivity contribution in [2.75, 3.05) is 0 Å². The number of aromatic nitrogens is 1. The summed E-state index contributed by atoms with van der Waals surface area (Å²) in [5, 5.41) is 1.88. The summed E-state index contributed by atoms with van der Waals surface area (Å²) < 4.78 is 0. The highest BCUT2D eigenvalue weighted by molar-refractivity contribution is 5.37. The number of hydrogen-bond donors (Lipinski definition) is 1. The van der Waals surface area contributed by atoms with Crippen LogP contribution in [0.1, 0.15) is 26.3 Å².